The molecule has 0 spiro atoms. The van der Waals surface area contributed by atoms with Gasteiger partial charge in [-0.2, -0.15) is 0 Å². The molecule has 4 heteroatoms. The second-order valence-electron chi connectivity index (χ2n) is 4.84. The van der Waals surface area contributed by atoms with Crippen molar-refractivity contribution in [1.29, 1.82) is 0 Å². The van der Waals surface area contributed by atoms with Gasteiger partial charge in [-0.1, -0.05) is 30.5 Å². The van der Waals surface area contributed by atoms with Crippen molar-refractivity contribution in [2.24, 2.45) is 11.1 Å². The van der Waals surface area contributed by atoms with Crippen LogP contribution in [-0.2, 0) is 0 Å². The highest BCUT2D eigenvalue weighted by Gasteiger charge is 2.41. The van der Waals surface area contributed by atoms with E-state index in [0.717, 1.165) is 25.7 Å². The van der Waals surface area contributed by atoms with E-state index in [9.17, 15) is 9.50 Å². The molecule has 0 aromatic heterocycles. The van der Waals surface area contributed by atoms with Crippen molar-refractivity contribution in [3.63, 3.8) is 0 Å². The average molecular weight is 258 g/mol. The lowest BCUT2D eigenvalue weighted by atomic mass is 9.77. The Morgan fingerprint density at radius 1 is 1.41 bits per heavy atom. The van der Waals surface area contributed by atoms with Crippen molar-refractivity contribution in [3.8, 4) is 0 Å². The van der Waals surface area contributed by atoms with Gasteiger partial charge < -0.3 is 10.8 Å². The molecule has 0 radical (unpaired) electrons. The molecular formula is C13H17ClFNO. The summed E-state index contributed by atoms with van der Waals surface area (Å²) in [6.07, 6.45) is 2.96. The number of rotatable bonds is 3. The Hall–Kier alpha value is -0.640. The summed E-state index contributed by atoms with van der Waals surface area (Å²) in [4.78, 5) is 0. The molecule has 1 aromatic rings. The summed E-state index contributed by atoms with van der Waals surface area (Å²) in [7, 11) is 0. The summed E-state index contributed by atoms with van der Waals surface area (Å²) >= 11 is 5.70. The quantitative estimate of drug-likeness (QED) is 0.874. The molecule has 1 aliphatic carbocycles. The van der Waals surface area contributed by atoms with Gasteiger partial charge in [0.2, 0.25) is 0 Å². The van der Waals surface area contributed by atoms with Crippen molar-refractivity contribution in [3.05, 3.63) is 34.6 Å². The predicted octanol–water partition coefficient (Wildman–Crippen LogP) is 3.03. The maximum absolute atomic E-state index is 13.8. The van der Waals surface area contributed by atoms with Crippen molar-refractivity contribution >= 4 is 11.6 Å². The molecule has 0 aliphatic heterocycles. The number of nitrogens with two attached hydrogens (primary N) is 1. The van der Waals surface area contributed by atoms with Crippen LogP contribution in [0.4, 0.5) is 4.39 Å². The van der Waals surface area contributed by atoms with E-state index in [2.05, 4.69) is 0 Å². The van der Waals surface area contributed by atoms with Crippen LogP contribution in [0.5, 0.6) is 0 Å². The first kappa shape index (κ1) is 12.8. The highest BCUT2D eigenvalue weighted by atomic mass is 35.5. The van der Waals surface area contributed by atoms with Crippen LogP contribution in [0.15, 0.2) is 18.2 Å². The lowest BCUT2D eigenvalue weighted by Gasteiger charge is -2.33. The number of halogens is 2. The van der Waals surface area contributed by atoms with Gasteiger partial charge in [0.05, 0.1) is 6.10 Å². The Kier molecular flexibility index (Phi) is 3.71. The fourth-order valence-corrected chi connectivity index (χ4v) is 2.88. The molecule has 94 valence electrons. The van der Waals surface area contributed by atoms with E-state index >= 15 is 0 Å². The van der Waals surface area contributed by atoms with E-state index in [1.165, 1.54) is 6.07 Å². The van der Waals surface area contributed by atoms with Crippen LogP contribution >= 0.6 is 11.6 Å². The number of benzene rings is 1. The molecule has 0 saturated heterocycles. The minimum Gasteiger partial charge on any atom is -0.388 e. The van der Waals surface area contributed by atoms with Gasteiger partial charge in [-0.15, -0.1) is 0 Å². The highest BCUT2D eigenvalue weighted by Crippen LogP contribution is 2.47. The summed E-state index contributed by atoms with van der Waals surface area (Å²) < 4.78 is 13.8. The van der Waals surface area contributed by atoms with Gasteiger partial charge >= 0.3 is 0 Å². The van der Waals surface area contributed by atoms with E-state index in [0.29, 0.717) is 17.1 Å². The van der Waals surface area contributed by atoms with Crippen molar-refractivity contribution < 1.29 is 9.50 Å². The molecule has 2 rings (SSSR count). The third-order valence-corrected chi connectivity index (χ3v) is 4.08. The second kappa shape index (κ2) is 4.92. The van der Waals surface area contributed by atoms with Crippen molar-refractivity contribution in [1.82, 2.24) is 0 Å². The zero-order valence-electron chi connectivity index (χ0n) is 9.63. The van der Waals surface area contributed by atoms with Crippen LogP contribution in [0.2, 0.25) is 5.02 Å². The van der Waals surface area contributed by atoms with Crippen molar-refractivity contribution in [2.45, 2.75) is 31.8 Å². The minimum atomic E-state index is -0.840. The lowest BCUT2D eigenvalue weighted by molar-refractivity contribution is 0.0306. The maximum atomic E-state index is 13.8. The van der Waals surface area contributed by atoms with Crippen LogP contribution in [0.3, 0.4) is 0 Å². The largest absolute Gasteiger partial charge is 0.388 e. The van der Waals surface area contributed by atoms with Gasteiger partial charge in [-0.25, -0.2) is 4.39 Å². The van der Waals surface area contributed by atoms with Gasteiger partial charge in [-0.05, 0) is 25.0 Å². The fourth-order valence-electron chi connectivity index (χ4n) is 2.72. The molecule has 0 amide bonds. The fraction of sp³-hybridized carbons (Fsp3) is 0.538. The Morgan fingerprint density at radius 3 is 2.59 bits per heavy atom. The SMILES string of the molecule is NCC1(C(O)c2ccc(Cl)cc2F)CCCC1. The topological polar surface area (TPSA) is 46.2 Å². The van der Waals surface area contributed by atoms with Crippen molar-refractivity contribution in [2.75, 3.05) is 6.54 Å². The van der Waals surface area contributed by atoms with E-state index in [-0.39, 0.29) is 5.41 Å². The molecule has 1 aromatic carbocycles. The molecule has 1 atom stereocenters. The standard InChI is InChI=1S/C13H17ClFNO/c14-9-3-4-10(11(15)7-9)12(17)13(8-16)5-1-2-6-13/h3-4,7,12,17H,1-2,5-6,8,16H2. The first-order valence-corrected chi connectivity index (χ1v) is 6.30. The third-order valence-electron chi connectivity index (χ3n) is 3.84. The first-order chi connectivity index (χ1) is 8.09. The van der Waals surface area contributed by atoms with Crippen LogP contribution in [-0.4, -0.2) is 11.7 Å². The minimum absolute atomic E-state index is 0.307. The molecule has 3 N–H and O–H groups in total. The molecule has 0 bridgehead atoms. The zero-order valence-corrected chi connectivity index (χ0v) is 10.4. The second-order valence-corrected chi connectivity index (χ2v) is 5.28. The average Bonchev–Trinajstić information content (AvgIpc) is 2.78. The highest BCUT2D eigenvalue weighted by molar-refractivity contribution is 6.30. The van der Waals surface area contributed by atoms with Crippen LogP contribution < -0.4 is 5.73 Å². The summed E-state index contributed by atoms with van der Waals surface area (Å²) in [6, 6.07) is 4.39. The molecule has 1 saturated carbocycles. The molecule has 2 nitrogen and oxygen atoms in total. The predicted molar refractivity (Wildman–Crippen MR) is 66.3 cm³/mol. The third kappa shape index (κ3) is 2.32. The molecule has 0 heterocycles. The number of aliphatic hydroxyl groups is 1. The van der Waals surface area contributed by atoms with E-state index in [1.54, 1.807) is 12.1 Å². The van der Waals surface area contributed by atoms with Gasteiger partial charge in [0.25, 0.3) is 0 Å². The number of hydrogen-bond acceptors (Lipinski definition) is 2. The van der Waals surface area contributed by atoms with Crippen LogP contribution in [0, 0.1) is 11.2 Å². The summed E-state index contributed by atoms with van der Waals surface area (Å²) in [6.45, 7) is 0.385. The van der Waals surface area contributed by atoms with Crippen LogP contribution in [0.1, 0.15) is 37.4 Å². The summed E-state index contributed by atoms with van der Waals surface area (Å²) in [5, 5.41) is 10.7. The molecule has 17 heavy (non-hydrogen) atoms. The van der Waals surface area contributed by atoms with Gasteiger partial charge in [0, 0.05) is 22.5 Å². The Balaban J connectivity index is 2.32. The van der Waals surface area contributed by atoms with Gasteiger partial charge in [-0.3, -0.25) is 0 Å². The molecular weight excluding hydrogens is 241 g/mol. The monoisotopic (exact) mass is 257 g/mol. The first-order valence-electron chi connectivity index (χ1n) is 5.92. The zero-order chi connectivity index (χ0) is 12.5. The van der Waals surface area contributed by atoms with Crippen LogP contribution in [0.25, 0.3) is 0 Å². The van der Waals surface area contributed by atoms with Gasteiger partial charge in [0.1, 0.15) is 5.82 Å². The van der Waals surface area contributed by atoms with E-state index in [4.69, 9.17) is 17.3 Å². The number of aliphatic hydroxyl groups excluding tert-OH is 1. The Labute approximate surface area is 106 Å². The Bertz CT molecular complexity index is 404. The normalized spacial score (nSPS) is 20.5. The Morgan fingerprint density at radius 2 is 2.06 bits per heavy atom. The van der Waals surface area contributed by atoms with E-state index < -0.39 is 11.9 Å². The lowest BCUT2D eigenvalue weighted by Crippen LogP contribution is -2.34. The molecule has 1 aliphatic rings. The molecule has 1 fully saturated rings. The summed E-state index contributed by atoms with van der Waals surface area (Å²) in [5.74, 6) is -0.454. The molecule has 1 unspecified atom stereocenters. The maximum Gasteiger partial charge on any atom is 0.130 e. The smallest absolute Gasteiger partial charge is 0.130 e. The van der Waals surface area contributed by atoms with E-state index in [1.807, 2.05) is 0 Å². The number of hydrogen-bond donors (Lipinski definition) is 2. The van der Waals surface area contributed by atoms with Gasteiger partial charge in [0.15, 0.2) is 0 Å². The summed E-state index contributed by atoms with van der Waals surface area (Å²) in [5.41, 5.74) is 5.72.